The lowest BCUT2D eigenvalue weighted by molar-refractivity contribution is -0.383. The predicted molar refractivity (Wildman–Crippen MR) is 82.1 cm³/mol. The topological polar surface area (TPSA) is 103 Å². The minimum atomic E-state index is -0.892. The molecule has 1 aromatic heterocycles. The molecule has 8 nitrogen and oxygen atoms in total. The number of amides is 1. The third kappa shape index (κ3) is 3.42. The summed E-state index contributed by atoms with van der Waals surface area (Å²) in [5.74, 6) is -0.892. The van der Waals surface area contributed by atoms with Crippen molar-refractivity contribution in [2.24, 2.45) is 0 Å². The number of benzene rings is 1. The third-order valence-corrected chi connectivity index (χ3v) is 3.21. The molecule has 1 amide bonds. The first-order valence-corrected chi connectivity index (χ1v) is 6.95. The Labute approximate surface area is 131 Å². The standard InChI is InChI=1S/C15H15N3O5/c1-3-9-17(2)15(20)23-14(19)11-6-7-12(18(21)22)10-5-4-8-16-13(10)11/h4-8H,3,9H2,1-2H3. The van der Waals surface area contributed by atoms with Crippen molar-refractivity contribution in [1.29, 1.82) is 0 Å². The number of carbonyl (C=O) groups is 2. The molecule has 2 rings (SSSR count). The monoisotopic (exact) mass is 317 g/mol. The zero-order valence-corrected chi connectivity index (χ0v) is 12.7. The van der Waals surface area contributed by atoms with Crippen LogP contribution in [0.15, 0.2) is 30.5 Å². The van der Waals surface area contributed by atoms with Gasteiger partial charge < -0.3 is 9.64 Å². The summed E-state index contributed by atoms with van der Waals surface area (Å²) in [6.45, 7) is 2.34. The van der Waals surface area contributed by atoms with E-state index in [1.807, 2.05) is 6.92 Å². The van der Waals surface area contributed by atoms with Crippen LogP contribution in [0.1, 0.15) is 23.7 Å². The highest BCUT2D eigenvalue weighted by molar-refractivity contribution is 6.07. The first kappa shape index (κ1) is 16.3. The van der Waals surface area contributed by atoms with Crippen molar-refractivity contribution in [2.45, 2.75) is 13.3 Å². The molecule has 8 heteroatoms. The van der Waals surface area contributed by atoms with Crippen LogP contribution < -0.4 is 0 Å². The summed E-state index contributed by atoms with van der Waals surface area (Å²) < 4.78 is 4.80. The highest BCUT2D eigenvalue weighted by Gasteiger charge is 2.22. The lowest BCUT2D eigenvalue weighted by Crippen LogP contribution is -2.30. The van der Waals surface area contributed by atoms with Crippen LogP contribution in [-0.4, -0.2) is 40.5 Å². The molecular weight excluding hydrogens is 302 g/mol. The number of ether oxygens (including phenoxy) is 1. The molecule has 2 aromatic rings. The van der Waals surface area contributed by atoms with E-state index in [2.05, 4.69) is 4.98 Å². The molecule has 0 saturated heterocycles. The lowest BCUT2D eigenvalue weighted by atomic mass is 10.1. The van der Waals surface area contributed by atoms with E-state index in [0.717, 1.165) is 6.42 Å². The van der Waals surface area contributed by atoms with Crippen molar-refractivity contribution < 1.29 is 19.2 Å². The van der Waals surface area contributed by atoms with Gasteiger partial charge in [0.2, 0.25) is 0 Å². The minimum Gasteiger partial charge on any atom is -0.372 e. The Hall–Kier alpha value is -3.03. The van der Waals surface area contributed by atoms with Crippen molar-refractivity contribution in [3.05, 3.63) is 46.1 Å². The Morgan fingerprint density at radius 2 is 2.09 bits per heavy atom. The Morgan fingerprint density at radius 3 is 2.74 bits per heavy atom. The SMILES string of the molecule is CCCN(C)C(=O)OC(=O)c1ccc([N+](=O)[O-])c2cccnc12. The molecule has 23 heavy (non-hydrogen) atoms. The average molecular weight is 317 g/mol. The van der Waals surface area contributed by atoms with E-state index >= 15 is 0 Å². The van der Waals surface area contributed by atoms with Gasteiger partial charge in [-0.2, -0.15) is 0 Å². The summed E-state index contributed by atoms with van der Waals surface area (Å²) in [4.78, 5) is 39.7. The third-order valence-electron chi connectivity index (χ3n) is 3.21. The predicted octanol–water partition coefficient (Wildman–Crippen LogP) is 2.76. The minimum absolute atomic E-state index is 0.00412. The summed E-state index contributed by atoms with van der Waals surface area (Å²) in [5.41, 5.74) is -0.0406. The maximum atomic E-state index is 12.2. The molecule has 0 aliphatic rings. The van der Waals surface area contributed by atoms with Gasteiger partial charge in [-0.15, -0.1) is 0 Å². The van der Waals surface area contributed by atoms with Crippen molar-refractivity contribution in [1.82, 2.24) is 9.88 Å². The molecule has 0 N–H and O–H groups in total. The van der Waals surface area contributed by atoms with Crippen molar-refractivity contribution in [2.75, 3.05) is 13.6 Å². The number of nitrogens with zero attached hydrogens (tertiary/aromatic N) is 3. The summed E-state index contributed by atoms with van der Waals surface area (Å²) in [7, 11) is 1.52. The Kier molecular flexibility index (Phi) is 4.85. The highest BCUT2D eigenvalue weighted by Crippen LogP contribution is 2.27. The Bertz CT molecular complexity index is 775. The van der Waals surface area contributed by atoms with Crippen LogP contribution in [0.4, 0.5) is 10.5 Å². The molecule has 1 heterocycles. The van der Waals surface area contributed by atoms with E-state index in [4.69, 9.17) is 4.74 Å². The van der Waals surface area contributed by atoms with Crippen LogP contribution in [-0.2, 0) is 4.74 Å². The molecule has 0 aliphatic carbocycles. The summed E-state index contributed by atoms with van der Waals surface area (Å²) in [6, 6.07) is 5.46. The van der Waals surface area contributed by atoms with Gasteiger partial charge in [0.1, 0.15) is 0 Å². The Morgan fingerprint density at radius 1 is 1.35 bits per heavy atom. The van der Waals surface area contributed by atoms with Gasteiger partial charge in [0.05, 0.1) is 21.4 Å². The molecule has 120 valence electrons. The summed E-state index contributed by atoms with van der Waals surface area (Å²) >= 11 is 0. The number of fused-ring (bicyclic) bond motifs is 1. The number of aromatic nitrogens is 1. The van der Waals surface area contributed by atoms with Gasteiger partial charge in [-0.1, -0.05) is 6.92 Å². The van der Waals surface area contributed by atoms with Gasteiger partial charge >= 0.3 is 12.1 Å². The second kappa shape index (κ2) is 6.82. The average Bonchev–Trinajstić information content (AvgIpc) is 2.53. The van der Waals surface area contributed by atoms with E-state index < -0.39 is 17.0 Å². The van der Waals surface area contributed by atoms with Crippen molar-refractivity contribution in [3.63, 3.8) is 0 Å². The van der Waals surface area contributed by atoms with E-state index in [0.29, 0.717) is 6.54 Å². The molecule has 0 saturated carbocycles. The van der Waals surface area contributed by atoms with E-state index in [9.17, 15) is 19.7 Å². The van der Waals surface area contributed by atoms with E-state index in [-0.39, 0.29) is 22.2 Å². The van der Waals surface area contributed by atoms with Gasteiger partial charge in [0, 0.05) is 25.9 Å². The zero-order valence-electron chi connectivity index (χ0n) is 12.7. The number of nitro benzene ring substituents is 1. The normalized spacial score (nSPS) is 10.3. The molecule has 1 aromatic carbocycles. The van der Waals surface area contributed by atoms with Crippen molar-refractivity contribution in [3.8, 4) is 0 Å². The molecule has 0 spiro atoms. The summed E-state index contributed by atoms with van der Waals surface area (Å²) in [6.07, 6.45) is 1.36. The molecule has 0 unspecified atom stereocenters. The van der Waals surface area contributed by atoms with Crippen molar-refractivity contribution >= 4 is 28.7 Å². The molecular formula is C15H15N3O5. The first-order valence-electron chi connectivity index (χ1n) is 6.95. The smallest absolute Gasteiger partial charge is 0.372 e. The largest absolute Gasteiger partial charge is 0.417 e. The number of carbonyl (C=O) groups excluding carboxylic acids is 2. The van der Waals surface area contributed by atoms with Gasteiger partial charge in [-0.3, -0.25) is 15.1 Å². The fourth-order valence-electron chi connectivity index (χ4n) is 2.12. The van der Waals surface area contributed by atoms with Crippen LogP contribution in [0, 0.1) is 10.1 Å². The van der Waals surface area contributed by atoms with Gasteiger partial charge in [0.15, 0.2) is 0 Å². The molecule has 0 aliphatic heterocycles. The van der Waals surface area contributed by atoms with Crippen LogP contribution in [0.3, 0.4) is 0 Å². The molecule has 0 fully saturated rings. The molecule has 0 bridgehead atoms. The van der Waals surface area contributed by atoms with Crippen LogP contribution >= 0.6 is 0 Å². The summed E-state index contributed by atoms with van der Waals surface area (Å²) in [5, 5.41) is 11.2. The quantitative estimate of drug-likeness (QED) is 0.372. The second-order valence-electron chi connectivity index (χ2n) is 4.87. The number of nitro groups is 1. The number of rotatable bonds is 4. The first-order chi connectivity index (χ1) is 11.0. The van der Waals surface area contributed by atoms with Crippen LogP contribution in [0.5, 0.6) is 0 Å². The fourth-order valence-corrected chi connectivity index (χ4v) is 2.12. The fraction of sp³-hybridized carbons (Fsp3) is 0.267. The second-order valence-corrected chi connectivity index (χ2v) is 4.87. The molecule has 0 radical (unpaired) electrons. The van der Waals surface area contributed by atoms with Gasteiger partial charge in [0.25, 0.3) is 5.69 Å². The van der Waals surface area contributed by atoms with Gasteiger partial charge in [-0.25, -0.2) is 9.59 Å². The number of non-ortho nitro benzene ring substituents is 1. The molecule has 0 atom stereocenters. The van der Waals surface area contributed by atoms with E-state index in [1.54, 1.807) is 0 Å². The van der Waals surface area contributed by atoms with E-state index in [1.165, 1.54) is 42.4 Å². The zero-order chi connectivity index (χ0) is 17.0. The number of hydrogen-bond donors (Lipinski definition) is 0. The number of esters is 1. The number of pyridine rings is 1. The van der Waals surface area contributed by atoms with Crippen LogP contribution in [0.2, 0.25) is 0 Å². The lowest BCUT2D eigenvalue weighted by Gasteiger charge is -2.15. The van der Waals surface area contributed by atoms with Gasteiger partial charge in [-0.05, 0) is 24.6 Å². The number of hydrogen-bond acceptors (Lipinski definition) is 6. The maximum Gasteiger partial charge on any atom is 0.417 e. The Balaban J connectivity index is 2.37. The highest BCUT2D eigenvalue weighted by atomic mass is 16.6. The maximum absolute atomic E-state index is 12.2. The van der Waals surface area contributed by atoms with Crippen LogP contribution in [0.25, 0.3) is 10.9 Å².